The minimum Gasteiger partial charge on any atom is -0.302 e. The molecule has 0 aromatic carbocycles. The number of nitrogens with zero attached hydrogens (tertiary/aromatic N) is 1. The number of hydrogen-bond acceptors (Lipinski definition) is 4. The van der Waals surface area contributed by atoms with Crippen LogP contribution in [0, 0.1) is 11.3 Å². The van der Waals surface area contributed by atoms with E-state index in [2.05, 4.69) is 0 Å². The van der Waals surface area contributed by atoms with E-state index in [4.69, 9.17) is 0 Å². The predicted octanol–water partition coefficient (Wildman–Crippen LogP) is 0.316. The van der Waals surface area contributed by atoms with Crippen LogP contribution in [0.5, 0.6) is 0 Å². The van der Waals surface area contributed by atoms with Crippen molar-refractivity contribution in [3.05, 3.63) is 0 Å². The third-order valence-corrected chi connectivity index (χ3v) is 3.24. The van der Waals surface area contributed by atoms with Gasteiger partial charge in [0.15, 0.2) is 5.41 Å². The van der Waals surface area contributed by atoms with Crippen molar-refractivity contribution in [1.29, 1.82) is 0 Å². The third-order valence-electron chi connectivity index (χ3n) is 3.24. The van der Waals surface area contributed by atoms with Gasteiger partial charge in [0.25, 0.3) is 11.8 Å². The first-order chi connectivity index (χ1) is 7.91. The lowest BCUT2D eigenvalue weighted by atomic mass is 9.72. The number of aldehydes is 1. The van der Waals surface area contributed by atoms with Gasteiger partial charge in [-0.3, -0.25) is 19.8 Å². The van der Waals surface area contributed by atoms with E-state index in [9.17, 15) is 19.2 Å². The second kappa shape index (κ2) is 4.65. The van der Waals surface area contributed by atoms with E-state index in [1.807, 2.05) is 12.2 Å². The van der Waals surface area contributed by atoms with Crippen molar-refractivity contribution < 1.29 is 19.2 Å². The van der Waals surface area contributed by atoms with Crippen LogP contribution in [0.1, 0.15) is 26.7 Å². The SMILES string of the molecule is CCCC(C)C1(C=O)C(=O)NC(=O)N(C)C1=O. The number of amides is 4. The zero-order valence-electron chi connectivity index (χ0n) is 10.1. The number of barbiturate groups is 1. The van der Waals surface area contributed by atoms with Crippen molar-refractivity contribution in [3.63, 3.8) is 0 Å². The highest BCUT2D eigenvalue weighted by molar-refractivity contribution is 6.26. The van der Waals surface area contributed by atoms with Crippen LogP contribution < -0.4 is 5.32 Å². The molecule has 94 valence electrons. The fourth-order valence-electron chi connectivity index (χ4n) is 2.07. The maximum atomic E-state index is 12.0. The molecule has 17 heavy (non-hydrogen) atoms. The predicted molar refractivity (Wildman–Crippen MR) is 58.9 cm³/mol. The minimum absolute atomic E-state index is 0.355. The first-order valence-electron chi connectivity index (χ1n) is 5.51. The Morgan fingerprint density at radius 3 is 2.47 bits per heavy atom. The van der Waals surface area contributed by atoms with Crippen LogP contribution >= 0.6 is 0 Å². The lowest BCUT2D eigenvalue weighted by Gasteiger charge is -2.37. The molecule has 6 nitrogen and oxygen atoms in total. The fraction of sp³-hybridized carbons (Fsp3) is 0.636. The van der Waals surface area contributed by atoms with Crippen molar-refractivity contribution in [2.75, 3.05) is 7.05 Å². The molecule has 1 aliphatic rings. The lowest BCUT2D eigenvalue weighted by Crippen LogP contribution is -2.65. The molecule has 4 amide bonds. The van der Waals surface area contributed by atoms with Crippen molar-refractivity contribution in [2.45, 2.75) is 26.7 Å². The zero-order chi connectivity index (χ0) is 13.2. The summed E-state index contributed by atoms with van der Waals surface area (Å²) in [5, 5.41) is 2.04. The van der Waals surface area contributed by atoms with E-state index in [0.29, 0.717) is 12.7 Å². The molecule has 0 radical (unpaired) electrons. The van der Waals surface area contributed by atoms with Crippen LogP contribution in [0.4, 0.5) is 4.79 Å². The Morgan fingerprint density at radius 2 is 2.00 bits per heavy atom. The summed E-state index contributed by atoms with van der Waals surface area (Å²) in [6.45, 7) is 3.56. The quantitative estimate of drug-likeness (QED) is 0.566. The zero-order valence-corrected chi connectivity index (χ0v) is 10.1. The number of imide groups is 2. The fourth-order valence-corrected chi connectivity index (χ4v) is 2.07. The summed E-state index contributed by atoms with van der Waals surface area (Å²) in [5.41, 5.74) is -1.77. The molecule has 1 rings (SSSR count). The molecule has 2 atom stereocenters. The third kappa shape index (κ3) is 1.83. The van der Waals surface area contributed by atoms with E-state index in [1.165, 1.54) is 7.05 Å². The molecule has 0 aromatic rings. The molecule has 0 aromatic heterocycles. The second-order valence-corrected chi connectivity index (χ2v) is 4.30. The summed E-state index contributed by atoms with van der Waals surface area (Å²) in [4.78, 5) is 47.1. The van der Waals surface area contributed by atoms with Gasteiger partial charge in [0, 0.05) is 7.05 Å². The summed E-state index contributed by atoms with van der Waals surface area (Å²) < 4.78 is 0. The number of carbonyl (C=O) groups is 4. The Hall–Kier alpha value is -1.72. The number of carbonyl (C=O) groups excluding carboxylic acids is 4. The molecule has 0 bridgehead atoms. The molecule has 1 saturated heterocycles. The van der Waals surface area contributed by atoms with E-state index < -0.39 is 29.2 Å². The largest absolute Gasteiger partial charge is 0.330 e. The van der Waals surface area contributed by atoms with Gasteiger partial charge in [-0.25, -0.2) is 4.79 Å². The average Bonchev–Trinajstić information content (AvgIpc) is 2.28. The monoisotopic (exact) mass is 240 g/mol. The summed E-state index contributed by atoms with van der Waals surface area (Å²) >= 11 is 0. The van der Waals surface area contributed by atoms with Gasteiger partial charge in [-0.15, -0.1) is 0 Å². The van der Waals surface area contributed by atoms with Crippen molar-refractivity contribution in [2.24, 2.45) is 11.3 Å². The van der Waals surface area contributed by atoms with E-state index in [-0.39, 0.29) is 0 Å². The van der Waals surface area contributed by atoms with Crippen LogP contribution in [0.25, 0.3) is 0 Å². The van der Waals surface area contributed by atoms with E-state index in [0.717, 1.165) is 11.3 Å². The standard InChI is InChI=1S/C11H16N2O4/c1-4-5-7(2)11(6-14)8(15)12-10(17)13(3)9(11)16/h6-7H,4-5H2,1-3H3,(H,12,15,17). The summed E-state index contributed by atoms with van der Waals surface area (Å²) in [6.07, 6.45) is 1.66. The van der Waals surface area contributed by atoms with Gasteiger partial charge in [0.05, 0.1) is 0 Å². The Bertz CT molecular complexity index is 380. The molecular weight excluding hydrogens is 224 g/mol. The first kappa shape index (κ1) is 13.3. The summed E-state index contributed by atoms with van der Waals surface area (Å²) in [7, 11) is 1.25. The van der Waals surface area contributed by atoms with Gasteiger partial charge in [-0.1, -0.05) is 20.3 Å². The molecule has 1 aliphatic heterocycles. The molecule has 0 aliphatic carbocycles. The maximum Gasteiger partial charge on any atom is 0.330 e. The highest BCUT2D eigenvalue weighted by atomic mass is 16.2. The van der Waals surface area contributed by atoms with Crippen molar-refractivity contribution in [3.8, 4) is 0 Å². The molecular formula is C11H16N2O4. The number of hydrogen-bond donors (Lipinski definition) is 1. The topological polar surface area (TPSA) is 83.6 Å². The number of nitrogens with one attached hydrogen (secondary N) is 1. The van der Waals surface area contributed by atoms with Gasteiger partial charge in [-0.05, 0) is 12.3 Å². The van der Waals surface area contributed by atoms with Gasteiger partial charge in [0.1, 0.15) is 6.29 Å². The number of urea groups is 1. The Labute approximate surface area is 99.3 Å². The van der Waals surface area contributed by atoms with Crippen LogP contribution in [0.3, 0.4) is 0 Å². The highest BCUT2D eigenvalue weighted by Gasteiger charge is 2.56. The minimum atomic E-state index is -1.77. The van der Waals surface area contributed by atoms with Gasteiger partial charge in [0.2, 0.25) is 0 Å². The van der Waals surface area contributed by atoms with Gasteiger partial charge < -0.3 is 4.79 Å². The average molecular weight is 240 g/mol. The molecule has 1 heterocycles. The molecule has 6 heteroatoms. The molecule has 0 spiro atoms. The second-order valence-electron chi connectivity index (χ2n) is 4.30. The van der Waals surface area contributed by atoms with Gasteiger partial charge in [-0.2, -0.15) is 0 Å². The van der Waals surface area contributed by atoms with E-state index in [1.54, 1.807) is 6.92 Å². The normalized spacial score (nSPS) is 26.8. The lowest BCUT2D eigenvalue weighted by molar-refractivity contribution is -0.156. The van der Waals surface area contributed by atoms with Crippen LogP contribution in [-0.4, -0.2) is 36.1 Å². The van der Waals surface area contributed by atoms with Crippen LogP contribution in [0.2, 0.25) is 0 Å². The van der Waals surface area contributed by atoms with Crippen LogP contribution in [0.15, 0.2) is 0 Å². The molecule has 0 saturated carbocycles. The highest BCUT2D eigenvalue weighted by Crippen LogP contribution is 2.33. The smallest absolute Gasteiger partial charge is 0.302 e. The summed E-state index contributed by atoms with van der Waals surface area (Å²) in [6, 6.07) is -0.791. The van der Waals surface area contributed by atoms with Crippen molar-refractivity contribution >= 4 is 24.1 Å². The Morgan fingerprint density at radius 1 is 1.41 bits per heavy atom. The maximum absolute atomic E-state index is 12.0. The van der Waals surface area contributed by atoms with E-state index >= 15 is 0 Å². The van der Waals surface area contributed by atoms with Crippen molar-refractivity contribution in [1.82, 2.24) is 10.2 Å². The van der Waals surface area contributed by atoms with Crippen LogP contribution in [-0.2, 0) is 14.4 Å². The van der Waals surface area contributed by atoms with Gasteiger partial charge >= 0.3 is 6.03 Å². The molecule has 2 unspecified atom stereocenters. The molecule has 1 fully saturated rings. The Balaban J connectivity index is 3.20. The first-order valence-corrected chi connectivity index (χ1v) is 5.51. The summed E-state index contributed by atoms with van der Waals surface area (Å²) in [5.74, 6) is -2.00. The number of rotatable bonds is 4. The Kier molecular flexibility index (Phi) is 3.65. The molecule has 1 N–H and O–H groups in total.